The number of nitrogens with zero attached hydrogens (tertiary/aromatic N) is 1. The highest BCUT2D eigenvalue weighted by Crippen LogP contribution is 2.39. The second-order valence-electron chi connectivity index (χ2n) is 9.72. The molecule has 1 aliphatic heterocycles. The standard InChI is InChI=1S/C28H29Cl2F2NO6S/c1-17(29)23(18(2)30)13-25(20-10-11-24(39-28(31)32)26(12-20)37-16-19-8-9-19)38-27(34)21-14-33(15-21)40(35,36)22-6-4-3-5-7-22/h3-7,10-12,19,21,25,28H,1,8-9,13-16H2,2H3/b23-18+/t25-/m0/s1. The van der Waals surface area contributed by atoms with Crippen LogP contribution in [0.25, 0.3) is 0 Å². The molecule has 7 nitrogen and oxygen atoms in total. The van der Waals surface area contributed by atoms with E-state index in [1.807, 2.05) is 0 Å². The minimum Gasteiger partial charge on any atom is -0.489 e. The summed E-state index contributed by atoms with van der Waals surface area (Å²) in [6.45, 7) is 2.55. The van der Waals surface area contributed by atoms with E-state index in [0.29, 0.717) is 28.7 Å². The van der Waals surface area contributed by atoms with Gasteiger partial charge in [-0.05, 0) is 61.1 Å². The Hall–Kier alpha value is -2.66. The normalized spacial score (nSPS) is 17.6. The third-order valence-electron chi connectivity index (χ3n) is 6.68. The van der Waals surface area contributed by atoms with Crippen LogP contribution in [0.4, 0.5) is 8.78 Å². The molecule has 0 spiro atoms. The number of alkyl halides is 2. The molecular formula is C28H29Cl2F2NO6S. The van der Waals surface area contributed by atoms with E-state index < -0.39 is 34.6 Å². The van der Waals surface area contributed by atoms with Crippen molar-refractivity contribution in [3.8, 4) is 11.5 Å². The first-order chi connectivity index (χ1) is 19.0. The largest absolute Gasteiger partial charge is 0.489 e. The fourth-order valence-corrected chi connectivity index (χ4v) is 6.15. The summed E-state index contributed by atoms with van der Waals surface area (Å²) in [5, 5.41) is 0.493. The Labute approximate surface area is 242 Å². The molecule has 1 saturated carbocycles. The maximum atomic E-state index is 13.2. The van der Waals surface area contributed by atoms with Gasteiger partial charge in [0.15, 0.2) is 11.5 Å². The molecule has 2 aromatic rings. The summed E-state index contributed by atoms with van der Waals surface area (Å²) >= 11 is 12.4. The fourth-order valence-electron chi connectivity index (χ4n) is 4.14. The average Bonchev–Trinajstić information content (AvgIpc) is 3.69. The van der Waals surface area contributed by atoms with Crippen LogP contribution in [0, 0.1) is 11.8 Å². The Balaban J connectivity index is 1.55. The number of ether oxygens (including phenoxy) is 3. The van der Waals surface area contributed by atoms with Crippen LogP contribution in [-0.4, -0.2) is 45.0 Å². The summed E-state index contributed by atoms with van der Waals surface area (Å²) in [6.07, 6.45) is 1.07. The van der Waals surface area contributed by atoms with Crippen LogP contribution < -0.4 is 9.47 Å². The van der Waals surface area contributed by atoms with Gasteiger partial charge in [0.2, 0.25) is 10.0 Å². The highest BCUT2D eigenvalue weighted by Gasteiger charge is 2.42. The van der Waals surface area contributed by atoms with Gasteiger partial charge in [-0.25, -0.2) is 8.42 Å². The zero-order chi connectivity index (χ0) is 29.0. The van der Waals surface area contributed by atoms with Crippen LogP contribution in [0.15, 0.2) is 75.6 Å². The van der Waals surface area contributed by atoms with E-state index in [0.717, 1.165) is 12.8 Å². The summed E-state index contributed by atoms with van der Waals surface area (Å²) < 4.78 is 69.1. The topological polar surface area (TPSA) is 82.1 Å². The SMILES string of the molecule is C=C(Cl)/C(C[C@H](OC(=O)C1CN(S(=O)(=O)c2ccccc2)C1)c1ccc(OC(F)F)c(OCC2CC2)c1)=C(\C)Cl. The molecule has 1 saturated heterocycles. The smallest absolute Gasteiger partial charge is 0.387 e. The zero-order valence-electron chi connectivity index (χ0n) is 21.7. The summed E-state index contributed by atoms with van der Waals surface area (Å²) in [7, 11) is -3.74. The van der Waals surface area contributed by atoms with Crippen LogP contribution in [-0.2, 0) is 19.6 Å². The number of allylic oxidation sites excluding steroid dienone is 2. The van der Waals surface area contributed by atoms with Crippen LogP contribution in [0.1, 0.15) is 37.9 Å². The van der Waals surface area contributed by atoms with Gasteiger partial charge in [-0.15, -0.1) is 0 Å². The Bertz CT molecular complexity index is 1370. The van der Waals surface area contributed by atoms with Crippen molar-refractivity contribution in [1.29, 1.82) is 0 Å². The van der Waals surface area contributed by atoms with Gasteiger partial charge in [0.25, 0.3) is 0 Å². The van der Waals surface area contributed by atoms with Crippen LogP contribution in [0.2, 0.25) is 0 Å². The van der Waals surface area contributed by atoms with Gasteiger partial charge in [-0.1, -0.05) is 54.0 Å². The fraction of sp³-hybridized carbons (Fsp3) is 0.393. The number of esters is 1. The molecule has 4 rings (SSSR count). The van der Waals surface area contributed by atoms with E-state index in [1.54, 1.807) is 25.1 Å². The summed E-state index contributed by atoms with van der Waals surface area (Å²) in [5.41, 5.74) is 0.874. The number of halogens is 4. The molecule has 12 heteroatoms. The molecule has 0 unspecified atom stereocenters. The Morgan fingerprint density at radius 3 is 2.35 bits per heavy atom. The van der Waals surface area contributed by atoms with Crippen molar-refractivity contribution >= 4 is 39.2 Å². The molecule has 2 aliphatic rings. The van der Waals surface area contributed by atoms with E-state index >= 15 is 0 Å². The number of hydrogen-bond donors (Lipinski definition) is 0. The highest BCUT2D eigenvalue weighted by molar-refractivity contribution is 7.89. The van der Waals surface area contributed by atoms with Gasteiger partial charge in [-0.2, -0.15) is 13.1 Å². The molecular weight excluding hydrogens is 587 g/mol. The number of hydrogen-bond acceptors (Lipinski definition) is 6. The molecule has 0 amide bonds. The van der Waals surface area contributed by atoms with E-state index in [-0.39, 0.29) is 40.9 Å². The maximum Gasteiger partial charge on any atom is 0.387 e. The van der Waals surface area contributed by atoms with Crippen molar-refractivity contribution in [1.82, 2.24) is 4.31 Å². The Kier molecular flexibility index (Phi) is 9.76. The minimum atomic E-state index is -3.74. The third kappa shape index (κ3) is 7.54. The zero-order valence-corrected chi connectivity index (χ0v) is 24.0. The summed E-state index contributed by atoms with van der Waals surface area (Å²) in [4.78, 5) is 13.3. The first kappa shape index (κ1) is 30.3. The highest BCUT2D eigenvalue weighted by atomic mass is 35.5. The minimum absolute atomic E-state index is 0.0409. The maximum absolute atomic E-state index is 13.2. The molecule has 1 aliphatic carbocycles. The van der Waals surface area contributed by atoms with Crippen molar-refractivity contribution in [2.24, 2.45) is 11.8 Å². The van der Waals surface area contributed by atoms with Gasteiger partial charge in [0.05, 0.1) is 17.4 Å². The van der Waals surface area contributed by atoms with Gasteiger partial charge in [-0.3, -0.25) is 4.79 Å². The molecule has 0 aromatic heterocycles. The number of carbonyl (C=O) groups excluding carboxylic acids is 1. The van der Waals surface area contributed by atoms with Crippen molar-refractivity contribution in [2.75, 3.05) is 19.7 Å². The van der Waals surface area contributed by atoms with E-state index in [4.69, 9.17) is 32.7 Å². The lowest BCUT2D eigenvalue weighted by atomic mass is 9.99. The lowest BCUT2D eigenvalue weighted by molar-refractivity contribution is -0.158. The second-order valence-corrected chi connectivity index (χ2v) is 12.7. The van der Waals surface area contributed by atoms with Gasteiger partial charge < -0.3 is 14.2 Å². The number of sulfonamides is 1. The number of rotatable bonds is 13. The molecule has 2 aromatic carbocycles. The first-order valence-electron chi connectivity index (χ1n) is 12.6. The van der Waals surface area contributed by atoms with Crippen molar-refractivity contribution in [3.63, 3.8) is 0 Å². The van der Waals surface area contributed by atoms with E-state index in [1.165, 1.54) is 34.6 Å². The van der Waals surface area contributed by atoms with E-state index in [2.05, 4.69) is 11.3 Å². The molecule has 1 heterocycles. The second kappa shape index (κ2) is 12.9. The molecule has 40 heavy (non-hydrogen) atoms. The first-order valence-corrected chi connectivity index (χ1v) is 14.8. The monoisotopic (exact) mass is 615 g/mol. The molecule has 1 atom stereocenters. The number of benzene rings is 2. The predicted octanol–water partition coefficient (Wildman–Crippen LogP) is 6.64. The van der Waals surface area contributed by atoms with Crippen LogP contribution >= 0.6 is 23.2 Å². The molecule has 2 fully saturated rings. The van der Waals surface area contributed by atoms with Crippen molar-refractivity contribution in [3.05, 3.63) is 76.3 Å². The molecule has 0 N–H and O–H groups in total. The van der Waals surface area contributed by atoms with Gasteiger partial charge >= 0.3 is 12.6 Å². The number of carbonyl (C=O) groups is 1. The van der Waals surface area contributed by atoms with Crippen LogP contribution in [0.5, 0.6) is 11.5 Å². The lowest BCUT2D eigenvalue weighted by Crippen LogP contribution is -2.53. The van der Waals surface area contributed by atoms with Gasteiger partial charge in [0, 0.05) is 29.6 Å². The quantitative estimate of drug-likeness (QED) is 0.186. The van der Waals surface area contributed by atoms with E-state index in [9.17, 15) is 22.0 Å². The average molecular weight is 617 g/mol. The van der Waals surface area contributed by atoms with Gasteiger partial charge in [0.1, 0.15) is 6.10 Å². The van der Waals surface area contributed by atoms with Crippen molar-refractivity contribution < 1.29 is 36.2 Å². The third-order valence-corrected chi connectivity index (χ3v) is 8.98. The Morgan fingerprint density at radius 1 is 1.10 bits per heavy atom. The Morgan fingerprint density at radius 2 is 1.77 bits per heavy atom. The predicted molar refractivity (Wildman–Crippen MR) is 147 cm³/mol. The summed E-state index contributed by atoms with van der Waals surface area (Å²) in [5.74, 6) is -1.02. The molecule has 0 radical (unpaired) electrons. The van der Waals surface area contributed by atoms with Crippen molar-refractivity contribution in [2.45, 2.75) is 43.8 Å². The molecule has 216 valence electrons. The van der Waals surface area contributed by atoms with Crippen LogP contribution in [0.3, 0.4) is 0 Å². The lowest BCUT2D eigenvalue weighted by Gasteiger charge is -2.37. The molecule has 0 bridgehead atoms. The summed E-state index contributed by atoms with van der Waals surface area (Å²) in [6, 6.07) is 12.2.